The fourth-order valence-electron chi connectivity index (χ4n) is 4.42. The first-order chi connectivity index (χ1) is 21.3. The Labute approximate surface area is 256 Å². The van der Waals surface area contributed by atoms with E-state index in [1.807, 2.05) is 6.92 Å². The van der Waals surface area contributed by atoms with Crippen molar-refractivity contribution in [2.24, 2.45) is 0 Å². The highest BCUT2D eigenvalue weighted by atomic mass is 19.4. The molecule has 0 unspecified atom stereocenters. The SMILES string of the molecule is C=CC(=O)OCCC(F)(F)C(F)(F)C(F)(F)C(F)(F)CCOc1ccc2cc(-c3ccc(CCCCC)cc3C(F)(F)F)oc2c1. The molecular weight excluding hydrogens is 645 g/mol. The Morgan fingerprint density at radius 1 is 0.826 bits per heavy atom. The smallest absolute Gasteiger partial charge is 0.417 e. The third-order valence-electron chi connectivity index (χ3n) is 7.04. The third-order valence-corrected chi connectivity index (χ3v) is 7.04. The minimum atomic E-state index is -6.56. The third kappa shape index (κ3) is 7.95. The lowest BCUT2D eigenvalue weighted by atomic mass is 9.95. The zero-order valence-electron chi connectivity index (χ0n) is 24.3. The van der Waals surface area contributed by atoms with E-state index < -0.39 is 67.5 Å². The van der Waals surface area contributed by atoms with E-state index in [0.29, 0.717) is 24.5 Å². The molecular formula is C31H29F11O4. The standard InChI is InChI=1S/C31H29F11O4/c1-3-5-6-7-19-8-11-22(23(16-19)29(36,37)38)25-17-20-9-10-21(18-24(20)46-25)44-14-12-27(32,33)30(39,40)31(41,42)28(34,35)13-15-45-26(43)4-2/h4,8-11,16-18H,2-3,5-7,12-15H2,1H3. The van der Waals surface area contributed by atoms with E-state index in [4.69, 9.17) is 9.15 Å². The van der Waals surface area contributed by atoms with Crippen LogP contribution in [0.3, 0.4) is 0 Å². The molecule has 4 nitrogen and oxygen atoms in total. The van der Waals surface area contributed by atoms with Crippen LogP contribution in [-0.4, -0.2) is 42.9 Å². The molecule has 2 aromatic carbocycles. The Balaban J connectivity index is 1.74. The molecule has 0 N–H and O–H groups in total. The molecule has 0 fully saturated rings. The number of carbonyl (C=O) groups excluding carboxylic acids is 1. The summed E-state index contributed by atoms with van der Waals surface area (Å²) in [5.41, 5.74) is -0.813. The summed E-state index contributed by atoms with van der Waals surface area (Å²) in [6, 6.07) is 8.56. The summed E-state index contributed by atoms with van der Waals surface area (Å²) in [5.74, 6) is -26.3. The summed E-state index contributed by atoms with van der Waals surface area (Å²) < 4.78 is 169. The first-order valence-corrected chi connectivity index (χ1v) is 13.9. The van der Waals surface area contributed by atoms with Gasteiger partial charge in [-0.2, -0.15) is 48.3 Å². The number of hydrogen-bond acceptors (Lipinski definition) is 4. The fourth-order valence-corrected chi connectivity index (χ4v) is 4.42. The number of alkyl halides is 11. The van der Waals surface area contributed by atoms with Crippen molar-refractivity contribution in [2.45, 2.75) is 75.3 Å². The van der Waals surface area contributed by atoms with Crippen molar-refractivity contribution < 1.29 is 67.0 Å². The van der Waals surface area contributed by atoms with Crippen molar-refractivity contribution in [3.05, 3.63) is 66.2 Å². The van der Waals surface area contributed by atoms with Gasteiger partial charge in [-0.15, -0.1) is 0 Å². The van der Waals surface area contributed by atoms with Gasteiger partial charge in [0.15, 0.2) is 0 Å². The first kappa shape index (κ1) is 36.7. The molecule has 46 heavy (non-hydrogen) atoms. The summed E-state index contributed by atoms with van der Waals surface area (Å²) in [7, 11) is 0. The van der Waals surface area contributed by atoms with Crippen LogP contribution < -0.4 is 4.74 Å². The topological polar surface area (TPSA) is 48.7 Å². The summed E-state index contributed by atoms with van der Waals surface area (Å²) in [4.78, 5) is 10.9. The predicted octanol–water partition coefficient (Wildman–Crippen LogP) is 10.3. The molecule has 0 aliphatic rings. The van der Waals surface area contributed by atoms with Crippen LogP contribution >= 0.6 is 0 Å². The minimum absolute atomic E-state index is 0.0759. The molecule has 0 spiro atoms. The Hall–Kier alpha value is -3.78. The van der Waals surface area contributed by atoms with E-state index in [1.54, 1.807) is 0 Å². The summed E-state index contributed by atoms with van der Waals surface area (Å²) >= 11 is 0. The zero-order chi connectivity index (χ0) is 34.6. The van der Waals surface area contributed by atoms with Crippen LogP contribution in [0.25, 0.3) is 22.3 Å². The van der Waals surface area contributed by atoms with Crippen molar-refractivity contribution in [2.75, 3.05) is 13.2 Å². The number of benzene rings is 2. The van der Waals surface area contributed by atoms with Crippen molar-refractivity contribution in [3.8, 4) is 17.1 Å². The highest BCUT2D eigenvalue weighted by Gasteiger charge is 2.79. The second-order valence-corrected chi connectivity index (χ2v) is 10.4. The molecule has 0 aliphatic heterocycles. The largest absolute Gasteiger partial charge is 0.493 e. The van der Waals surface area contributed by atoms with Gasteiger partial charge in [-0.1, -0.05) is 38.5 Å². The zero-order valence-corrected chi connectivity index (χ0v) is 24.3. The molecule has 1 aromatic heterocycles. The molecule has 0 saturated carbocycles. The normalized spacial score (nSPS) is 13.2. The lowest BCUT2D eigenvalue weighted by molar-refractivity contribution is -0.368. The number of rotatable bonds is 16. The Morgan fingerprint density at radius 2 is 1.46 bits per heavy atom. The number of unbranched alkanes of at least 4 members (excludes halogenated alkanes) is 2. The second-order valence-electron chi connectivity index (χ2n) is 10.4. The number of esters is 1. The van der Waals surface area contributed by atoms with E-state index in [9.17, 15) is 53.1 Å². The highest BCUT2D eigenvalue weighted by Crippen LogP contribution is 2.54. The lowest BCUT2D eigenvalue weighted by Crippen LogP contribution is -2.62. The van der Waals surface area contributed by atoms with Gasteiger partial charge in [-0.05, 0) is 42.7 Å². The van der Waals surface area contributed by atoms with E-state index in [-0.39, 0.29) is 28.0 Å². The number of hydrogen-bond donors (Lipinski definition) is 0. The van der Waals surface area contributed by atoms with Gasteiger partial charge in [0.25, 0.3) is 0 Å². The van der Waals surface area contributed by atoms with Crippen molar-refractivity contribution in [1.29, 1.82) is 0 Å². The average molecular weight is 675 g/mol. The maximum Gasteiger partial charge on any atom is 0.417 e. The van der Waals surface area contributed by atoms with Crippen LogP contribution in [0.1, 0.15) is 50.2 Å². The predicted molar refractivity (Wildman–Crippen MR) is 146 cm³/mol. The monoisotopic (exact) mass is 674 g/mol. The first-order valence-electron chi connectivity index (χ1n) is 13.9. The van der Waals surface area contributed by atoms with Gasteiger partial charge >= 0.3 is 35.8 Å². The average Bonchev–Trinajstić information content (AvgIpc) is 3.39. The van der Waals surface area contributed by atoms with Gasteiger partial charge < -0.3 is 13.9 Å². The minimum Gasteiger partial charge on any atom is -0.493 e. The molecule has 3 aromatic rings. The molecule has 0 aliphatic carbocycles. The molecule has 0 saturated heterocycles. The van der Waals surface area contributed by atoms with E-state index in [2.05, 4.69) is 11.3 Å². The van der Waals surface area contributed by atoms with Crippen LogP contribution in [0.2, 0.25) is 0 Å². The number of fused-ring (bicyclic) bond motifs is 1. The fraction of sp³-hybridized carbons (Fsp3) is 0.452. The van der Waals surface area contributed by atoms with Crippen molar-refractivity contribution in [3.63, 3.8) is 0 Å². The maximum absolute atomic E-state index is 14.3. The molecule has 1 heterocycles. The number of aryl methyl sites for hydroxylation is 1. The van der Waals surface area contributed by atoms with Crippen LogP contribution in [-0.2, 0) is 22.1 Å². The van der Waals surface area contributed by atoms with E-state index >= 15 is 0 Å². The van der Waals surface area contributed by atoms with Crippen molar-refractivity contribution >= 4 is 16.9 Å². The number of halogens is 11. The van der Waals surface area contributed by atoms with Crippen LogP contribution in [0.4, 0.5) is 48.3 Å². The Bertz CT molecular complexity index is 1510. The molecule has 0 amide bonds. The van der Waals surface area contributed by atoms with Gasteiger partial charge in [-0.25, -0.2) is 4.79 Å². The molecule has 0 atom stereocenters. The van der Waals surface area contributed by atoms with Gasteiger partial charge in [0.05, 0.1) is 31.6 Å². The van der Waals surface area contributed by atoms with Gasteiger partial charge in [0.1, 0.15) is 17.1 Å². The quantitative estimate of drug-likeness (QED) is 0.0657. The number of carbonyl (C=O) groups is 1. The van der Waals surface area contributed by atoms with E-state index in [0.717, 1.165) is 31.0 Å². The Kier molecular flexibility index (Phi) is 11.1. The van der Waals surface area contributed by atoms with Crippen LogP contribution in [0.15, 0.2) is 59.5 Å². The lowest BCUT2D eigenvalue weighted by Gasteiger charge is -2.36. The number of furan rings is 1. The number of ether oxygens (including phenoxy) is 2. The second kappa shape index (κ2) is 13.9. The molecule has 15 heteroatoms. The van der Waals surface area contributed by atoms with Gasteiger partial charge in [0.2, 0.25) is 0 Å². The molecule has 3 rings (SSSR count). The molecule has 0 bridgehead atoms. The molecule has 254 valence electrons. The van der Waals surface area contributed by atoms with Crippen LogP contribution in [0, 0.1) is 0 Å². The van der Waals surface area contributed by atoms with Crippen LogP contribution in [0.5, 0.6) is 5.75 Å². The summed E-state index contributed by atoms with van der Waals surface area (Å²) in [5, 5.41) is 0.264. The summed E-state index contributed by atoms with van der Waals surface area (Å²) in [6.45, 7) is 2.05. The maximum atomic E-state index is 14.3. The Morgan fingerprint density at radius 3 is 2.04 bits per heavy atom. The van der Waals surface area contributed by atoms with Crippen molar-refractivity contribution in [1.82, 2.24) is 0 Å². The van der Waals surface area contributed by atoms with E-state index in [1.165, 1.54) is 24.3 Å². The van der Waals surface area contributed by atoms with Gasteiger partial charge in [-0.3, -0.25) is 0 Å². The molecule has 0 radical (unpaired) electrons. The van der Waals surface area contributed by atoms with Gasteiger partial charge in [0, 0.05) is 23.1 Å². The highest BCUT2D eigenvalue weighted by molar-refractivity contribution is 5.84. The summed E-state index contributed by atoms with van der Waals surface area (Å²) in [6.07, 6.45) is -5.68.